The molecule has 0 saturated heterocycles. The molecule has 1 fully saturated rings. The number of nitrogens with zero attached hydrogens (tertiary/aromatic N) is 1. The minimum Gasteiger partial charge on any atom is -0.444 e. The topological polar surface area (TPSA) is 123 Å². The molecule has 3 rings (SSSR count). The van der Waals surface area contributed by atoms with Gasteiger partial charge in [-0.1, -0.05) is 12.1 Å². The monoisotopic (exact) mass is 466 g/mol. The summed E-state index contributed by atoms with van der Waals surface area (Å²) >= 11 is 0. The summed E-state index contributed by atoms with van der Waals surface area (Å²) in [5.41, 5.74) is 7.21. The molecule has 1 aromatic carbocycles. The Labute approximate surface area is 200 Å². The Bertz CT molecular complexity index is 1010. The van der Waals surface area contributed by atoms with E-state index in [1.54, 1.807) is 42.6 Å². The normalized spacial score (nSPS) is 18.1. The van der Waals surface area contributed by atoms with Crippen LogP contribution >= 0.6 is 0 Å². The standard InChI is InChI=1S/C26H34N4O4/c1-26(2,3)34-25(33)30-16-18-6-4-17(5-7-18)15-29-24(32)21-12-13-28-22(14-21)19-8-10-20(11-9-19)23(27)31/h8-14,17-18H,4-7,15-16H2,1-3H3,(H2,27,31)(H,29,32)(H,30,33). The maximum absolute atomic E-state index is 12.7. The predicted molar refractivity (Wildman–Crippen MR) is 130 cm³/mol. The van der Waals surface area contributed by atoms with Crippen molar-refractivity contribution < 1.29 is 19.1 Å². The van der Waals surface area contributed by atoms with Crippen LogP contribution in [0.4, 0.5) is 4.79 Å². The molecule has 1 aliphatic rings. The number of carbonyl (C=O) groups excluding carboxylic acids is 3. The molecule has 1 heterocycles. The maximum atomic E-state index is 12.7. The quantitative estimate of drug-likeness (QED) is 0.571. The first-order valence-electron chi connectivity index (χ1n) is 11.7. The Balaban J connectivity index is 1.44. The van der Waals surface area contributed by atoms with E-state index in [0.717, 1.165) is 31.2 Å². The third-order valence-corrected chi connectivity index (χ3v) is 5.94. The molecule has 2 aromatic rings. The number of amides is 3. The highest BCUT2D eigenvalue weighted by molar-refractivity contribution is 5.95. The maximum Gasteiger partial charge on any atom is 0.407 e. The number of benzene rings is 1. The van der Waals surface area contributed by atoms with E-state index in [-0.39, 0.29) is 12.0 Å². The molecule has 1 saturated carbocycles. The lowest BCUT2D eigenvalue weighted by Crippen LogP contribution is -2.37. The fourth-order valence-electron chi connectivity index (χ4n) is 4.06. The number of carbonyl (C=O) groups is 3. The lowest BCUT2D eigenvalue weighted by Gasteiger charge is -2.29. The SMILES string of the molecule is CC(C)(C)OC(=O)NCC1CCC(CNC(=O)c2ccnc(-c3ccc(C(N)=O)cc3)c2)CC1. The summed E-state index contributed by atoms with van der Waals surface area (Å²) in [5, 5.41) is 5.91. The van der Waals surface area contributed by atoms with Gasteiger partial charge in [0.15, 0.2) is 0 Å². The molecule has 34 heavy (non-hydrogen) atoms. The molecular formula is C26H34N4O4. The molecule has 4 N–H and O–H groups in total. The Morgan fingerprint density at radius 3 is 2.09 bits per heavy atom. The number of rotatable bonds is 7. The van der Waals surface area contributed by atoms with Crippen molar-refractivity contribution in [2.24, 2.45) is 17.6 Å². The van der Waals surface area contributed by atoms with Crippen LogP contribution in [0.3, 0.4) is 0 Å². The second-order valence-electron chi connectivity index (χ2n) is 9.85. The van der Waals surface area contributed by atoms with Gasteiger partial charge in [-0.05, 0) is 82.6 Å². The highest BCUT2D eigenvalue weighted by Crippen LogP contribution is 2.28. The van der Waals surface area contributed by atoms with Gasteiger partial charge in [0.05, 0.1) is 5.69 Å². The van der Waals surface area contributed by atoms with Crippen molar-refractivity contribution in [2.45, 2.75) is 52.1 Å². The van der Waals surface area contributed by atoms with E-state index < -0.39 is 11.5 Å². The van der Waals surface area contributed by atoms with Crippen LogP contribution in [-0.4, -0.2) is 41.6 Å². The zero-order valence-electron chi connectivity index (χ0n) is 20.1. The van der Waals surface area contributed by atoms with Crippen molar-refractivity contribution in [1.29, 1.82) is 0 Å². The smallest absolute Gasteiger partial charge is 0.407 e. The van der Waals surface area contributed by atoms with Gasteiger partial charge < -0.3 is 21.1 Å². The number of aromatic nitrogens is 1. The third kappa shape index (κ3) is 7.57. The summed E-state index contributed by atoms with van der Waals surface area (Å²) in [6.45, 7) is 6.79. The van der Waals surface area contributed by atoms with Crippen LogP contribution in [0.1, 0.15) is 67.2 Å². The molecule has 0 bridgehead atoms. The van der Waals surface area contributed by atoms with Gasteiger partial charge in [-0.3, -0.25) is 14.6 Å². The Morgan fingerprint density at radius 2 is 1.53 bits per heavy atom. The molecule has 0 unspecified atom stereocenters. The molecule has 1 aliphatic carbocycles. The van der Waals surface area contributed by atoms with E-state index in [9.17, 15) is 14.4 Å². The second kappa shape index (κ2) is 11.1. The number of nitrogens with one attached hydrogen (secondary N) is 2. The summed E-state index contributed by atoms with van der Waals surface area (Å²) in [4.78, 5) is 40.1. The highest BCUT2D eigenvalue weighted by Gasteiger charge is 2.23. The van der Waals surface area contributed by atoms with Crippen molar-refractivity contribution in [3.05, 3.63) is 53.7 Å². The zero-order valence-corrected chi connectivity index (χ0v) is 20.1. The van der Waals surface area contributed by atoms with Gasteiger partial charge >= 0.3 is 6.09 Å². The number of ether oxygens (including phenoxy) is 1. The van der Waals surface area contributed by atoms with E-state index in [2.05, 4.69) is 15.6 Å². The van der Waals surface area contributed by atoms with Crippen molar-refractivity contribution in [1.82, 2.24) is 15.6 Å². The molecule has 0 atom stereocenters. The van der Waals surface area contributed by atoms with Gasteiger partial charge in [0.25, 0.3) is 5.91 Å². The number of alkyl carbamates (subject to hydrolysis) is 1. The van der Waals surface area contributed by atoms with Gasteiger partial charge in [0, 0.05) is 36.0 Å². The van der Waals surface area contributed by atoms with Crippen LogP contribution in [0.2, 0.25) is 0 Å². The number of primary amides is 1. The molecule has 0 aliphatic heterocycles. The number of hydrogen-bond donors (Lipinski definition) is 3. The largest absolute Gasteiger partial charge is 0.444 e. The number of nitrogens with two attached hydrogens (primary N) is 1. The van der Waals surface area contributed by atoms with E-state index in [1.807, 2.05) is 20.8 Å². The summed E-state index contributed by atoms with van der Waals surface area (Å²) < 4.78 is 5.29. The van der Waals surface area contributed by atoms with Gasteiger partial charge in [0.1, 0.15) is 5.60 Å². The molecule has 1 aromatic heterocycles. The van der Waals surface area contributed by atoms with E-state index in [1.165, 1.54) is 0 Å². The van der Waals surface area contributed by atoms with Crippen LogP contribution in [0.15, 0.2) is 42.6 Å². The summed E-state index contributed by atoms with van der Waals surface area (Å²) in [6.07, 6.45) is 5.27. The van der Waals surface area contributed by atoms with Crippen LogP contribution in [0.5, 0.6) is 0 Å². The number of pyridine rings is 1. The highest BCUT2D eigenvalue weighted by atomic mass is 16.6. The molecule has 8 nitrogen and oxygen atoms in total. The molecule has 182 valence electrons. The Morgan fingerprint density at radius 1 is 0.941 bits per heavy atom. The fourth-order valence-corrected chi connectivity index (χ4v) is 4.06. The minimum absolute atomic E-state index is 0.133. The van der Waals surface area contributed by atoms with Crippen molar-refractivity contribution >= 4 is 17.9 Å². The average molecular weight is 467 g/mol. The van der Waals surface area contributed by atoms with Crippen LogP contribution in [0, 0.1) is 11.8 Å². The first-order valence-corrected chi connectivity index (χ1v) is 11.7. The summed E-state index contributed by atoms with van der Waals surface area (Å²) in [6, 6.07) is 10.3. The lowest BCUT2D eigenvalue weighted by atomic mass is 9.82. The third-order valence-electron chi connectivity index (χ3n) is 5.94. The summed E-state index contributed by atoms with van der Waals surface area (Å²) in [7, 11) is 0. The predicted octanol–water partition coefficient (Wildman–Crippen LogP) is 3.91. The van der Waals surface area contributed by atoms with E-state index in [0.29, 0.717) is 41.7 Å². The molecule has 8 heteroatoms. The van der Waals surface area contributed by atoms with Crippen LogP contribution in [-0.2, 0) is 4.74 Å². The minimum atomic E-state index is -0.495. The lowest BCUT2D eigenvalue weighted by molar-refractivity contribution is 0.0512. The van der Waals surface area contributed by atoms with Crippen molar-refractivity contribution in [3.8, 4) is 11.3 Å². The Kier molecular flexibility index (Phi) is 8.26. The Hall–Kier alpha value is -3.42. The van der Waals surface area contributed by atoms with Crippen LogP contribution < -0.4 is 16.4 Å². The first-order chi connectivity index (χ1) is 16.1. The van der Waals surface area contributed by atoms with Crippen molar-refractivity contribution in [3.63, 3.8) is 0 Å². The first kappa shape index (κ1) is 25.2. The number of hydrogen-bond acceptors (Lipinski definition) is 5. The van der Waals surface area contributed by atoms with E-state index in [4.69, 9.17) is 10.5 Å². The average Bonchev–Trinajstić information content (AvgIpc) is 2.81. The van der Waals surface area contributed by atoms with Gasteiger partial charge in [0.2, 0.25) is 5.91 Å². The second-order valence-corrected chi connectivity index (χ2v) is 9.85. The van der Waals surface area contributed by atoms with E-state index >= 15 is 0 Å². The van der Waals surface area contributed by atoms with Gasteiger partial charge in [-0.25, -0.2) is 4.79 Å². The molecule has 3 amide bonds. The fraction of sp³-hybridized carbons (Fsp3) is 0.462. The van der Waals surface area contributed by atoms with Gasteiger partial charge in [-0.2, -0.15) is 0 Å². The van der Waals surface area contributed by atoms with Gasteiger partial charge in [-0.15, -0.1) is 0 Å². The molecular weight excluding hydrogens is 432 g/mol. The van der Waals surface area contributed by atoms with Crippen molar-refractivity contribution in [2.75, 3.05) is 13.1 Å². The summed E-state index contributed by atoms with van der Waals surface area (Å²) in [5.74, 6) is 0.236. The van der Waals surface area contributed by atoms with Crippen LogP contribution in [0.25, 0.3) is 11.3 Å². The molecule has 0 radical (unpaired) electrons. The molecule has 0 spiro atoms. The zero-order chi connectivity index (χ0) is 24.7.